The lowest BCUT2D eigenvalue weighted by Gasteiger charge is -2.45. The SMILES string of the molecule is CO[C@]1(C)C[C@@H](OC(C)=O)O[C@@H](C)[C@H]1OC(C)=O. The quantitative estimate of drug-likeness (QED) is 0.706. The van der Waals surface area contributed by atoms with Gasteiger partial charge in [-0.15, -0.1) is 0 Å². The molecule has 0 bridgehead atoms. The fourth-order valence-corrected chi connectivity index (χ4v) is 2.16. The van der Waals surface area contributed by atoms with E-state index < -0.39 is 36.0 Å². The van der Waals surface area contributed by atoms with Crippen molar-refractivity contribution in [2.75, 3.05) is 7.11 Å². The Kier molecular flexibility index (Phi) is 4.70. The van der Waals surface area contributed by atoms with Gasteiger partial charge in [0.2, 0.25) is 6.29 Å². The molecular formula is C12H20O6. The fourth-order valence-electron chi connectivity index (χ4n) is 2.16. The molecule has 0 radical (unpaired) electrons. The Labute approximate surface area is 107 Å². The van der Waals surface area contributed by atoms with Gasteiger partial charge in [0.25, 0.3) is 0 Å². The molecule has 0 aromatic carbocycles. The molecule has 0 aromatic rings. The van der Waals surface area contributed by atoms with Crippen LogP contribution in [0.5, 0.6) is 0 Å². The molecule has 1 heterocycles. The van der Waals surface area contributed by atoms with Gasteiger partial charge in [0.15, 0.2) is 6.10 Å². The number of hydrogen-bond donors (Lipinski definition) is 0. The summed E-state index contributed by atoms with van der Waals surface area (Å²) < 4.78 is 21.2. The minimum absolute atomic E-state index is 0.311. The van der Waals surface area contributed by atoms with Gasteiger partial charge < -0.3 is 18.9 Å². The maximum atomic E-state index is 11.1. The number of esters is 2. The van der Waals surface area contributed by atoms with Gasteiger partial charge >= 0.3 is 11.9 Å². The lowest BCUT2D eigenvalue weighted by molar-refractivity contribution is -0.274. The Morgan fingerprint density at radius 1 is 1.22 bits per heavy atom. The van der Waals surface area contributed by atoms with Gasteiger partial charge in [-0.2, -0.15) is 0 Å². The number of methoxy groups -OCH3 is 1. The molecule has 0 aliphatic carbocycles. The number of rotatable bonds is 3. The average molecular weight is 260 g/mol. The number of carbonyl (C=O) groups excluding carboxylic acids is 2. The van der Waals surface area contributed by atoms with E-state index in [0.29, 0.717) is 6.42 Å². The first-order valence-corrected chi connectivity index (χ1v) is 5.83. The van der Waals surface area contributed by atoms with Gasteiger partial charge in [-0.1, -0.05) is 0 Å². The van der Waals surface area contributed by atoms with E-state index in [-0.39, 0.29) is 0 Å². The number of hydrogen-bond acceptors (Lipinski definition) is 6. The topological polar surface area (TPSA) is 71.1 Å². The smallest absolute Gasteiger partial charge is 0.304 e. The summed E-state index contributed by atoms with van der Waals surface area (Å²) >= 11 is 0. The van der Waals surface area contributed by atoms with Crippen molar-refractivity contribution < 1.29 is 28.5 Å². The monoisotopic (exact) mass is 260 g/mol. The van der Waals surface area contributed by atoms with Crippen LogP contribution in [0.3, 0.4) is 0 Å². The van der Waals surface area contributed by atoms with Crippen LogP contribution < -0.4 is 0 Å². The Balaban J connectivity index is 2.83. The Morgan fingerprint density at radius 2 is 1.78 bits per heavy atom. The van der Waals surface area contributed by atoms with Crippen molar-refractivity contribution in [3.8, 4) is 0 Å². The first-order chi connectivity index (χ1) is 8.28. The Hall–Kier alpha value is -1.14. The summed E-state index contributed by atoms with van der Waals surface area (Å²) in [4.78, 5) is 22.1. The van der Waals surface area contributed by atoms with E-state index in [1.165, 1.54) is 21.0 Å². The number of ether oxygens (including phenoxy) is 4. The molecule has 18 heavy (non-hydrogen) atoms. The van der Waals surface area contributed by atoms with E-state index in [0.717, 1.165) is 0 Å². The highest BCUT2D eigenvalue weighted by atomic mass is 16.7. The largest absolute Gasteiger partial charge is 0.457 e. The Bertz CT molecular complexity index is 329. The maximum absolute atomic E-state index is 11.1. The zero-order valence-electron chi connectivity index (χ0n) is 11.4. The van der Waals surface area contributed by atoms with Crippen LogP contribution in [-0.2, 0) is 28.5 Å². The lowest BCUT2D eigenvalue weighted by atomic mass is 9.88. The van der Waals surface area contributed by atoms with Gasteiger partial charge in [0.05, 0.1) is 6.10 Å². The second-order valence-corrected chi connectivity index (χ2v) is 4.63. The molecule has 104 valence electrons. The summed E-state index contributed by atoms with van der Waals surface area (Å²) in [7, 11) is 1.53. The van der Waals surface area contributed by atoms with E-state index in [2.05, 4.69) is 0 Å². The van der Waals surface area contributed by atoms with Crippen LogP contribution in [0.4, 0.5) is 0 Å². The predicted octanol–water partition coefficient (Wildman–Crippen LogP) is 1.02. The summed E-state index contributed by atoms with van der Waals surface area (Å²) in [6, 6.07) is 0. The molecule has 1 aliphatic heterocycles. The highest BCUT2D eigenvalue weighted by Gasteiger charge is 2.48. The Morgan fingerprint density at radius 3 is 2.22 bits per heavy atom. The van der Waals surface area contributed by atoms with Crippen LogP contribution in [0.15, 0.2) is 0 Å². The van der Waals surface area contributed by atoms with Gasteiger partial charge in [-0.3, -0.25) is 9.59 Å². The van der Waals surface area contributed by atoms with E-state index in [1.807, 2.05) is 0 Å². The van der Waals surface area contributed by atoms with E-state index in [4.69, 9.17) is 18.9 Å². The fraction of sp³-hybridized carbons (Fsp3) is 0.833. The van der Waals surface area contributed by atoms with Crippen LogP contribution >= 0.6 is 0 Å². The molecule has 0 spiro atoms. The van der Waals surface area contributed by atoms with Crippen molar-refractivity contribution in [1.29, 1.82) is 0 Å². The standard InChI is InChI=1S/C12H20O6/c1-7-11(18-9(3)14)12(4,15-5)6-10(16-7)17-8(2)13/h7,10-11H,6H2,1-5H3/t7-,10+,11+,12+/m0/s1. The highest BCUT2D eigenvalue weighted by Crippen LogP contribution is 2.34. The van der Waals surface area contributed by atoms with Crippen LogP contribution in [0.25, 0.3) is 0 Å². The molecule has 0 aromatic heterocycles. The summed E-state index contributed by atoms with van der Waals surface area (Å²) in [5, 5.41) is 0. The normalized spacial score (nSPS) is 35.9. The average Bonchev–Trinajstić information content (AvgIpc) is 2.22. The maximum Gasteiger partial charge on any atom is 0.304 e. The van der Waals surface area contributed by atoms with E-state index >= 15 is 0 Å². The van der Waals surface area contributed by atoms with E-state index in [9.17, 15) is 9.59 Å². The highest BCUT2D eigenvalue weighted by molar-refractivity contribution is 5.66. The molecule has 6 heteroatoms. The van der Waals surface area contributed by atoms with Crippen molar-refractivity contribution in [3.63, 3.8) is 0 Å². The third-order valence-corrected chi connectivity index (χ3v) is 3.02. The van der Waals surface area contributed by atoms with Crippen molar-refractivity contribution in [2.24, 2.45) is 0 Å². The molecule has 1 rings (SSSR count). The minimum Gasteiger partial charge on any atom is -0.457 e. The zero-order valence-corrected chi connectivity index (χ0v) is 11.4. The number of carbonyl (C=O) groups is 2. The minimum atomic E-state index is -0.747. The van der Waals surface area contributed by atoms with Crippen LogP contribution in [0, 0.1) is 0 Å². The first kappa shape index (κ1) is 14.9. The van der Waals surface area contributed by atoms with Crippen molar-refractivity contribution >= 4 is 11.9 Å². The molecule has 4 atom stereocenters. The van der Waals surface area contributed by atoms with Crippen molar-refractivity contribution in [1.82, 2.24) is 0 Å². The lowest BCUT2D eigenvalue weighted by Crippen LogP contribution is -2.58. The molecule has 0 saturated carbocycles. The molecule has 6 nitrogen and oxygen atoms in total. The third kappa shape index (κ3) is 3.43. The van der Waals surface area contributed by atoms with Crippen molar-refractivity contribution in [2.45, 2.75) is 58.2 Å². The molecule has 1 aliphatic rings. The van der Waals surface area contributed by atoms with Crippen LogP contribution in [0.2, 0.25) is 0 Å². The zero-order chi connectivity index (χ0) is 13.9. The summed E-state index contributed by atoms with van der Waals surface area (Å²) in [6.07, 6.45) is -1.33. The molecule has 0 amide bonds. The van der Waals surface area contributed by atoms with Crippen molar-refractivity contribution in [3.05, 3.63) is 0 Å². The molecule has 0 unspecified atom stereocenters. The molecule has 0 N–H and O–H groups in total. The molecular weight excluding hydrogens is 240 g/mol. The van der Waals surface area contributed by atoms with Gasteiger partial charge in [0, 0.05) is 27.4 Å². The molecule has 1 fully saturated rings. The van der Waals surface area contributed by atoms with Gasteiger partial charge in [-0.05, 0) is 13.8 Å². The second kappa shape index (κ2) is 5.67. The van der Waals surface area contributed by atoms with Gasteiger partial charge in [-0.25, -0.2) is 0 Å². The molecule has 1 saturated heterocycles. The van der Waals surface area contributed by atoms with E-state index in [1.54, 1.807) is 13.8 Å². The summed E-state index contributed by atoms with van der Waals surface area (Å²) in [5.41, 5.74) is -0.747. The first-order valence-electron chi connectivity index (χ1n) is 5.83. The van der Waals surface area contributed by atoms with Crippen LogP contribution in [-0.4, -0.2) is 43.1 Å². The van der Waals surface area contributed by atoms with Gasteiger partial charge in [0.1, 0.15) is 5.60 Å². The third-order valence-electron chi connectivity index (χ3n) is 3.02. The second-order valence-electron chi connectivity index (χ2n) is 4.63. The predicted molar refractivity (Wildman–Crippen MR) is 61.7 cm³/mol. The van der Waals surface area contributed by atoms with Crippen LogP contribution in [0.1, 0.15) is 34.1 Å². The summed E-state index contributed by atoms with van der Waals surface area (Å²) in [5.74, 6) is -0.818. The summed E-state index contributed by atoms with van der Waals surface area (Å²) in [6.45, 7) is 6.20.